The molecule has 1 aromatic rings. The Labute approximate surface area is 119 Å². The van der Waals surface area contributed by atoms with Crippen molar-refractivity contribution in [2.75, 3.05) is 6.61 Å². The minimum absolute atomic E-state index is 0.0933. The first-order valence-corrected chi connectivity index (χ1v) is 7.37. The third-order valence-electron chi connectivity index (χ3n) is 4.81. The molecule has 4 nitrogen and oxygen atoms in total. The van der Waals surface area contributed by atoms with Gasteiger partial charge in [-0.05, 0) is 30.2 Å². The van der Waals surface area contributed by atoms with Gasteiger partial charge in [-0.25, -0.2) is 4.79 Å². The van der Waals surface area contributed by atoms with Crippen LogP contribution in [-0.4, -0.2) is 23.8 Å². The maximum absolute atomic E-state index is 11.9. The third-order valence-corrected chi connectivity index (χ3v) is 4.81. The van der Waals surface area contributed by atoms with Crippen LogP contribution in [0.1, 0.15) is 24.8 Å². The molecule has 108 valence electrons. The fraction of sp³-hybridized carbons (Fsp3) is 0.562. The molecule has 0 unspecified atom stereocenters. The maximum atomic E-state index is 11.9. The van der Waals surface area contributed by atoms with Crippen molar-refractivity contribution in [1.82, 2.24) is 5.32 Å². The Bertz CT molecular complexity index is 462. The van der Waals surface area contributed by atoms with Gasteiger partial charge in [0.1, 0.15) is 6.61 Å². The standard InChI is InChI=1S/C16H21NO3/c18-9-14-12-7-4-8-13(12)15(14)17-16(19)20-10-11-5-2-1-3-6-11/h1-3,5-6,12-15,18H,4,7-10H2,(H,17,19)/t12-,13+,14-,15-/m0/s1. The molecule has 20 heavy (non-hydrogen) atoms. The van der Waals surface area contributed by atoms with Crippen molar-refractivity contribution in [2.24, 2.45) is 17.8 Å². The number of rotatable bonds is 4. The number of aliphatic hydroxyl groups is 1. The van der Waals surface area contributed by atoms with Crippen LogP contribution in [0.15, 0.2) is 30.3 Å². The number of ether oxygens (including phenoxy) is 1. The van der Waals surface area contributed by atoms with Gasteiger partial charge in [0.25, 0.3) is 0 Å². The number of benzene rings is 1. The number of hydrogen-bond donors (Lipinski definition) is 2. The molecule has 2 N–H and O–H groups in total. The topological polar surface area (TPSA) is 58.6 Å². The summed E-state index contributed by atoms with van der Waals surface area (Å²) in [6.07, 6.45) is 3.18. The molecule has 0 heterocycles. The van der Waals surface area contributed by atoms with Crippen molar-refractivity contribution in [3.05, 3.63) is 35.9 Å². The monoisotopic (exact) mass is 275 g/mol. The largest absolute Gasteiger partial charge is 0.445 e. The number of fused-ring (bicyclic) bond motifs is 1. The van der Waals surface area contributed by atoms with E-state index in [2.05, 4.69) is 5.32 Å². The minimum atomic E-state index is -0.373. The van der Waals surface area contributed by atoms with E-state index >= 15 is 0 Å². The van der Waals surface area contributed by atoms with Crippen molar-refractivity contribution in [2.45, 2.75) is 31.9 Å². The molecule has 0 bridgehead atoms. The molecule has 0 aromatic heterocycles. The van der Waals surface area contributed by atoms with Crippen molar-refractivity contribution in [1.29, 1.82) is 0 Å². The molecule has 4 atom stereocenters. The summed E-state index contributed by atoms with van der Waals surface area (Å²) in [5.41, 5.74) is 0.980. The molecule has 0 saturated heterocycles. The fourth-order valence-corrected chi connectivity index (χ4v) is 3.80. The Hall–Kier alpha value is -1.55. The van der Waals surface area contributed by atoms with Gasteiger partial charge in [-0.3, -0.25) is 0 Å². The second-order valence-corrected chi connectivity index (χ2v) is 5.84. The van der Waals surface area contributed by atoms with Gasteiger partial charge >= 0.3 is 6.09 Å². The quantitative estimate of drug-likeness (QED) is 0.886. The first kappa shape index (κ1) is 13.4. The van der Waals surface area contributed by atoms with Crippen LogP contribution in [0.25, 0.3) is 0 Å². The van der Waals surface area contributed by atoms with Gasteiger partial charge < -0.3 is 15.2 Å². The lowest BCUT2D eigenvalue weighted by atomic mass is 9.62. The molecule has 0 radical (unpaired) electrons. The summed E-state index contributed by atoms with van der Waals surface area (Å²) in [6.45, 7) is 0.447. The third kappa shape index (κ3) is 2.52. The Balaban J connectivity index is 1.49. The van der Waals surface area contributed by atoms with Crippen LogP contribution in [0, 0.1) is 17.8 Å². The Morgan fingerprint density at radius 3 is 2.75 bits per heavy atom. The summed E-state index contributed by atoms with van der Waals surface area (Å²) in [5.74, 6) is 1.35. The summed E-state index contributed by atoms with van der Waals surface area (Å²) < 4.78 is 5.24. The second kappa shape index (κ2) is 5.83. The number of alkyl carbamates (subject to hydrolysis) is 1. The van der Waals surface area contributed by atoms with Crippen LogP contribution >= 0.6 is 0 Å². The Morgan fingerprint density at radius 2 is 2.00 bits per heavy atom. The number of nitrogens with one attached hydrogen (secondary N) is 1. The van der Waals surface area contributed by atoms with Crippen LogP contribution in [-0.2, 0) is 11.3 Å². The lowest BCUT2D eigenvalue weighted by molar-refractivity contribution is -0.00401. The average molecular weight is 275 g/mol. The van der Waals surface area contributed by atoms with E-state index < -0.39 is 0 Å². The van der Waals surface area contributed by atoms with Crippen LogP contribution in [0.5, 0.6) is 0 Å². The van der Waals surface area contributed by atoms with E-state index in [1.165, 1.54) is 12.8 Å². The van der Waals surface area contributed by atoms with Gasteiger partial charge in [0, 0.05) is 18.6 Å². The van der Waals surface area contributed by atoms with E-state index in [0.717, 1.165) is 12.0 Å². The van der Waals surface area contributed by atoms with Crippen molar-refractivity contribution in [3.63, 3.8) is 0 Å². The molecule has 1 amide bonds. The van der Waals surface area contributed by atoms with Gasteiger partial charge in [0.05, 0.1) is 0 Å². The SMILES string of the molecule is O=C(N[C@H]1[C@@H]2CCC[C@@H]2[C@@H]1CO)OCc1ccccc1. The molecule has 0 aliphatic heterocycles. The normalized spacial score (nSPS) is 31.2. The van der Waals surface area contributed by atoms with Gasteiger partial charge in [-0.2, -0.15) is 0 Å². The highest BCUT2D eigenvalue weighted by molar-refractivity contribution is 5.68. The molecule has 2 aliphatic rings. The molecular weight excluding hydrogens is 254 g/mol. The van der Waals surface area contributed by atoms with E-state index in [1.54, 1.807) is 0 Å². The number of aliphatic hydroxyl groups excluding tert-OH is 1. The molecule has 2 fully saturated rings. The summed E-state index contributed by atoms with van der Waals surface area (Å²) in [7, 11) is 0. The zero-order valence-corrected chi connectivity index (χ0v) is 11.5. The van der Waals surface area contributed by atoms with Gasteiger partial charge in [-0.1, -0.05) is 36.8 Å². The fourth-order valence-electron chi connectivity index (χ4n) is 3.80. The van der Waals surface area contributed by atoms with E-state index in [-0.39, 0.29) is 31.3 Å². The molecule has 2 aliphatic carbocycles. The Kier molecular flexibility index (Phi) is 3.92. The molecule has 4 heteroatoms. The highest BCUT2D eigenvalue weighted by Crippen LogP contribution is 2.50. The second-order valence-electron chi connectivity index (χ2n) is 5.84. The van der Waals surface area contributed by atoms with Crippen molar-refractivity contribution >= 4 is 6.09 Å². The molecule has 0 spiro atoms. The van der Waals surface area contributed by atoms with E-state index in [4.69, 9.17) is 4.74 Å². The zero-order chi connectivity index (χ0) is 13.9. The summed E-state index contributed by atoms with van der Waals surface area (Å²) >= 11 is 0. The van der Waals surface area contributed by atoms with Gasteiger partial charge in [0.2, 0.25) is 0 Å². The maximum Gasteiger partial charge on any atom is 0.407 e. The van der Waals surface area contributed by atoms with E-state index in [9.17, 15) is 9.90 Å². The van der Waals surface area contributed by atoms with Gasteiger partial charge in [-0.15, -0.1) is 0 Å². The molecule has 3 rings (SSSR count). The predicted octanol–water partition coefficient (Wildman–Crippen LogP) is 2.32. The number of carbonyl (C=O) groups excluding carboxylic acids is 1. The smallest absolute Gasteiger partial charge is 0.407 e. The molecule has 1 aromatic carbocycles. The van der Waals surface area contributed by atoms with E-state index in [0.29, 0.717) is 11.8 Å². The van der Waals surface area contributed by atoms with Crippen LogP contribution in [0.3, 0.4) is 0 Å². The minimum Gasteiger partial charge on any atom is -0.445 e. The summed E-state index contributed by atoms with van der Waals surface area (Å²) in [6, 6.07) is 9.74. The van der Waals surface area contributed by atoms with Crippen molar-refractivity contribution in [3.8, 4) is 0 Å². The number of amides is 1. The van der Waals surface area contributed by atoms with Crippen LogP contribution < -0.4 is 5.32 Å². The van der Waals surface area contributed by atoms with E-state index in [1.807, 2.05) is 30.3 Å². The van der Waals surface area contributed by atoms with Crippen LogP contribution in [0.4, 0.5) is 4.79 Å². The van der Waals surface area contributed by atoms with Crippen LogP contribution in [0.2, 0.25) is 0 Å². The predicted molar refractivity (Wildman–Crippen MR) is 75.0 cm³/mol. The lowest BCUT2D eigenvalue weighted by Crippen LogP contribution is -2.59. The summed E-state index contributed by atoms with van der Waals surface area (Å²) in [5, 5.41) is 12.4. The molecule has 2 saturated carbocycles. The average Bonchev–Trinajstić information content (AvgIpc) is 2.89. The summed E-state index contributed by atoms with van der Waals surface area (Å²) in [4.78, 5) is 11.9. The first-order valence-electron chi connectivity index (χ1n) is 7.37. The highest BCUT2D eigenvalue weighted by atomic mass is 16.5. The first-order chi connectivity index (χ1) is 9.79. The number of hydrogen-bond acceptors (Lipinski definition) is 3. The van der Waals surface area contributed by atoms with Gasteiger partial charge in [0.15, 0.2) is 0 Å². The lowest BCUT2D eigenvalue weighted by Gasteiger charge is -2.48. The van der Waals surface area contributed by atoms with Crippen molar-refractivity contribution < 1.29 is 14.6 Å². The molecular formula is C16H21NO3. The Morgan fingerprint density at radius 1 is 1.25 bits per heavy atom. The number of carbonyl (C=O) groups is 1. The highest BCUT2D eigenvalue weighted by Gasteiger charge is 2.52. The zero-order valence-electron chi connectivity index (χ0n) is 11.5.